The summed E-state index contributed by atoms with van der Waals surface area (Å²) in [4.78, 5) is 0. The second kappa shape index (κ2) is 7.22. The molecule has 0 aromatic heterocycles. The predicted octanol–water partition coefficient (Wildman–Crippen LogP) is 4.39. The molecular weight excluding hydrogens is 230 g/mol. The zero-order valence-electron chi connectivity index (χ0n) is 11.2. The van der Waals surface area contributed by atoms with Crippen LogP contribution in [0.2, 0.25) is 0 Å². The van der Waals surface area contributed by atoms with Gasteiger partial charge in [0.25, 0.3) is 0 Å². The molecule has 0 saturated carbocycles. The van der Waals surface area contributed by atoms with E-state index >= 15 is 0 Å². The van der Waals surface area contributed by atoms with Crippen molar-refractivity contribution in [2.75, 3.05) is 0 Å². The predicted molar refractivity (Wildman–Crippen MR) is 82.5 cm³/mol. The van der Waals surface area contributed by atoms with Crippen LogP contribution in [-0.4, -0.2) is 0 Å². The summed E-state index contributed by atoms with van der Waals surface area (Å²) in [7, 11) is 0. The molecule has 0 radical (unpaired) electrons. The molecule has 19 heavy (non-hydrogen) atoms. The van der Waals surface area contributed by atoms with E-state index in [0.29, 0.717) is 0 Å². The monoisotopic (exact) mass is 249 g/mol. The molecule has 0 unspecified atom stereocenters. The van der Waals surface area contributed by atoms with Gasteiger partial charge in [-0.3, -0.25) is 0 Å². The Bertz CT molecular complexity index is 538. The quantitative estimate of drug-likeness (QED) is 0.775. The summed E-state index contributed by atoms with van der Waals surface area (Å²) in [5.74, 6) is 0. The molecule has 0 aliphatic heterocycles. The van der Waals surface area contributed by atoms with Gasteiger partial charge in [0, 0.05) is 12.2 Å². The van der Waals surface area contributed by atoms with Gasteiger partial charge in [-0.05, 0) is 24.1 Å². The lowest BCUT2D eigenvalue weighted by molar-refractivity contribution is 0.832. The molecule has 2 aromatic carbocycles. The molecule has 0 aliphatic rings. The number of benzene rings is 2. The van der Waals surface area contributed by atoms with E-state index in [2.05, 4.69) is 59.9 Å². The van der Waals surface area contributed by atoms with Crippen LogP contribution in [-0.2, 0) is 6.54 Å². The average Bonchev–Trinajstić information content (AvgIpc) is 2.49. The maximum absolute atomic E-state index is 3.43. The van der Waals surface area contributed by atoms with Gasteiger partial charge in [-0.25, -0.2) is 0 Å². The minimum absolute atomic E-state index is 0.847. The summed E-state index contributed by atoms with van der Waals surface area (Å²) in [5.41, 5.74) is 3.63. The number of allylic oxidation sites excluding steroid dienone is 2. The highest BCUT2D eigenvalue weighted by molar-refractivity contribution is 5.52. The second-order valence-electron chi connectivity index (χ2n) is 4.33. The van der Waals surface area contributed by atoms with E-state index in [1.54, 1.807) is 0 Å². The molecule has 96 valence electrons. The standard InChI is InChI=1S/C18H19N/c1-2-18(14-13-16-9-5-3-6-10-16)19-15-17-11-7-4-8-12-17/h2-14,19H,15H2,1H3/b14-13+,18-2+. The third-order valence-electron chi connectivity index (χ3n) is 2.91. The minimum Gasteiger partial charge on any atom is -0.381 e. The minimum atomic E-state index is 0.847. The van der Waals surface area contributed by atoms with Gasteiger partial charge in [-0.15, -0.1) is 0 Å². The van der Waals surface area contributed by atoms with E-state index in [9.17, 15) is 0 Å². The normalized spacial score (nSPS) is 11.7. The SMILES string of the molecule is C/C=C(\C=C\c1ccccc1)NCc1ccccc1. The Morgan fingerprint density at radius 1 is 0.947 bits per heavy atom. The van der Waals surface area contributed by atoms with Crippen molar-refractivity contribution in [2.24, 2.45) is 0 Å². The smallest absolute Gasteiger partial charge is 0.0400 e. The summed E-state index contributed by atoms with van der Waals surface area (Å²) in [5, 5.41) is 3.43. The van der Waals surface area contributed by atoms with Gasteiger partial charge in [-0.2, -0.15) is 0 Å². The Hall–Kier alpha value is -2.28. The molecule has 0 spiro atoms. The highest BCUT2D eigenvalue weighted by Gasteiger charge is 1.92. The van der Waals surface area contributed by atoms with Crippen molar-refractivity contribution in [2.45, 2.75) is 13.5 Å². The van der Waals surface area contributed by atoms with Gasteiger partial charge in [0.15, 0.2) is 0 Å². The lowest BCUT2D eigenvalue weighted by Gasteiger charge is -2.07. The van der Waals surface area contributed by atoms with Crippen LogP contribution in [0.5, 0.6) is 0 Å². The van der Waals surface area contributed by atoms with Crippen molar-refractivity contribution >= 4 is 6.08 Å². The number of rotatable bonds is 5. The molecule has 0 fully saturated rings. The molecular formula is C18H19N. The van der Waals surface area contributed by atoms with E-state index in [-0.39, 0.29) is 0 Å². The fourth-order valence-electron chi connectivity index (χ4n) is 1.81. The van der Waals surface area contributed by atoms with Gasteiger partial charge in [0.05, 0.1) is 0 Å². The first-order valence-corrected chi connectivity index (χ1v) is 6.56. The van der Waals surface area contributed by atoms with E-state index in [0.717, 1.165) is 12.2 Å². The van der Waals surface area contributed by atoms with Gasteiger partial charge in [-0.1, -0.05) is 72.8 Å². The molecule has 0 saturated heterocycles. The van der Waals surface area contributed by atoms with Gasteiger partial charge in [0.1, 0.15) is 0 Å². The van der Waals surface area contributed by atoms with Gasteiger partial charge >= 0.3 is 0 Å². The lowest BCUT2D eigenvalue weighted by Crippen LogP contribution is -2.10. The summed E-state index contributed by atoms with van der Waals surface area (Å²) in [6, 6.07) is 20.7. The molecule has 2 aromatic rings. The van der Waals surface area contributed by atoms with Crippen LogP contribution in [0.3, 0.4) is 0 Å². The highest BCUT2D eigenvalue weighted by Crippen LogP contribution is 2.05. The third kappa shape index (κ3) is 4.47. The Balaban J connectivity index is 1.93. The van der Waals surface area contributed by atoms with Crippen LogP contribution in [0.1, 0.15) is 18.1 Å². The van der Waals surface area contributed by atoms with Crippen molar-refractivity contribution in [3.8, 4) is 0 Å². The molecule has 0 amide bonds. The zero-order valence-corrected chi connectivity index (χ0v) is 11.2. The second-order valence-corrected chi connectivity index (χ2v) is 4.33. The molecule has 1 nitrogen and oxygen atoms in total. The van der Waals surface area contributed by atoms with Gasteiger partial charge < -0.3 is 5.32 Å². The Morgan fingerprint density at radius 3 is 2.21 bits per heavy atom. The molecule has 0 atom stereocenters. The topological polar surface area (TPSA) is 12.0 Å². The van der Waals surface area contributed by atoms with Crippen molar-refractivity contribution in [3.05, 3.63) is 89.6 Å². The average molecular weight is 249 g/mol. The van der Waals surface area contributed by atoms with Gasteiger partial charge in [0.2, 0.25) is 0 Å². The van der Waals surface area contributed by atoms with Crippen molar-refractivity contribution in [3.63, 3.8) is 0 Å². The van der Waals surface area contributed by atoms with Crippen molar-refractivity contribution in [1.82, 2.24) is 5.32 Å². The van der Waals surface area contributed by atoms with E-state index in [1.165, 1.54) is 11.1 Å². The van der Waals surface area contributed by atoms with Crippen LogP contribution in [0.15, 0.2) is 78.5 Å². The first-order chi connectivity index (χ1) is 9.38. The molecule has 0 aliphatic carbocycles. The maximum Gasteiger partial charge on any atom is 0.0400 e. The first-order valence-electron chi connectivity index (χ1n) is 6.56. The van der Waals surface area contributed by atoms with E-state index in [4.69, 9.17) is 0 Å². The number of hydrogen-bond donors (Lipinski definition) is 1. The summed E-state index contributed by atoms with van der Waals surface area (Å²) < 4.78 is 0. The van der Waals surface area contributed by atoms with E-state index < -0.39 is 0 Å². The van der Waals surface area contributed by atoms with Crippen LogP contribution in [0, 0.1) is 0 Å². The molecule has 1 heteroatoms. The molecule has 1 N–H and O–H groups in total. The van der Waals surface area contributed by atoms with E-state index in [1.807, 2.05) is 31.2 Å². The number of nitrogens with one attached hydrogen (secondary N) is 1. The third-order valence-corrected chi connectivity index (χ3v) is 2.91. The van der Waals surface area contributed by atoms with Crippen molar-refractivity contribution < 1.29 is 0 Å². The lowest BCUT2D eigenvalue weighted by atomic mass is 10.2. The number of hydrogen-bond acceptors (Lipinski definition) is 1. The van der Waals surface area contributed by atoms with Crippen LogP contribution in [0.4, 0.5) is 0 Å². The molecule has 2 rings (SSSR count). The maximum atomic E-state index is 3.43. The summed E-state index contributed by atoms with van der Waals surface area (Å²) in [6.07, 6.45) is 6.31. The van der Waals surface area contributed by atoms with Crippen LogP contribution >= 0.6 is 0 Å². The Labute approximate surface area is 115 Å². The zero-order chi connectivity index (χ0) is 13.3. The summed E-state index contributed by atoms with van der Waals surface area (Å²) >= 11 is 0. The molecule has 0 bridgehead atoms. The fraction of sp³-hybridized carbons (Fsp3) is 0.111. The Kier molecular flexibility index (Phi) is 5.00. The first kappa shape index (κ1) is 13.2. The largest absolute Gasteiger partial charge is 0.381 e. The van der Waals surface area contributed by atoms with Crippen LogP contribution < -0.4 is 5.32 Å². The fourth-order valence-corrected chi connectivity index (χ4v) is 1.81. The Morgan fingerprint density at radius 2 is 1.58 bits per heavy atom. The van der Waals surface area contributed by atoms with Crippen molar-refractivity contribution in [1.29, 1.82) is 0 Å². The van der Waals surface area contributed by atoms with Crippen LogP contribution in [0.25, 0.3) is 6.08 Å². The summed E-state index contributed by atoms with van der Waals surface area (Å²) in [6.45, 7) is 2.89. The highest BCUT2D eigenvalue weighted by atomic mass is 14.9. The molecule has 0 heterocycles.